The Morgan fingerprint density at radius 2 is 1.72 bits per heavy atom. The van der Waals surface area contributed by atoms with Crippen LogP contribution in [0.15, 0.2) is 54.6 Å². The van der Waals surface area contributed by atoms with Crippen LogP contribution in [0.3, 0.4) is 0 Å². The summed E-state index contributed by atoms with van der Waals surface area (Å²) in [6.07, 6.45) is 0. The minimum atomic E-state index is 0.0316. The molecule has 0 spiro atoms. The lowest BCUT2D eigenvalue weighted by molar-refractivity contribution is -0.121. The highest BCUT2D eigenvalue weighted by Crippen LogP contribution is 2.19. The third-order valence-corrected chi connectivity index (χ3v) is 4.40. The number of carbonyl (C=O) groups is 1. The molecule has 1 amide bonds. The maximum Gasteiger partial charge on any atom is 0.240 e. The molecule has 0 saturated carbocycles. The summed E-state index contributed by atoms with van der Waals surface area (Å²) in [5.74, 6) is 0.0316. The second-order valence-electron chi connectivity index (χ2n) is 6.71. The van der Waals surface area contributed by atoms with Crippen molar-refractivity contribution >= 4 is 16.8 Å². The quantitative estimate of drug-likeness (QED) is 0.750. The van der Waals surface area contributed by atoms with Gasteiger partial charge in [0, 0.05) is 24.3 Å². The van der Waals surface area contributed by atoms with E-state index in [4.69, 9.17) is 0 Å². The highest BCUT2D eigenvalue weighted by molar-refractivity contribution is 5.84. The number of nitrogens with zero attached hydrogens (tertiary/aromatic N) is 2. The van der Waals surface area contributed by atoms with Gasteiger partial charge in [0.1, 0.15) is 6.54 Å². The number of aromatic nitrogens is 1. The molecule has 1 aromatic heterocycles. The van der Waals surface area contributed by atoms with Crippen LogP contribution in [0.25, 0.3) is 10.9 Å². The van der Waals surface area contributed by atoms with Crippen molar-refractivity contribution in [3.63, 3.8) is 0 Å². The predicted molar refractivity (Wildman–Crippen MR) is 102 cm³/mol. The number of benzene rings is 2. The number of hydrogen-bond acceptors (Lipinski definition) is 2. The highest BCUT2D eigenvalue weighted by atomic mass is 16.1. The molecule has 3 aromatic rings. The van der Waals surface area contributed by atoms with Crippen molar-refractivity contribution in [2.75, 3.05) is 14.1 Å². The summed E-state index contributed by atoms with van der Waals surface area (Å²) in [6.45, 7) is 3.81. The average molecular weight is 335 g/mol. The molecule has 0 saturated heterocycles. The second-order valence-corrected chi connectivity index (χ2v) is 6.71. The molecule has 0 bridgehead atoms. The number of hydrogen-bond donors (Lipinski definition) is 1. The molecule has 0 aliphatic heterocycles. The van der Waals surface area contributed by atoms with Gasteiger partial charge in [-0.3, -0.25) is 4.79 Å². The molecule has 4 nitrogen and oxygen atoms in total. The number of aryl methyl sites for hydroxylation is 1. The van der Waals surface area contributed by atoms with Gasteiger partial charge in [0.25, 0.3) is 0 Å². The fraction of sp³-hybridized carbons (Fsp3) is 0.286. The van der Waals surface area contributed by atoms with Crippen molar-refractivity contribution in [1.29, 1.82) is 0 Å². The van der Waals surface area contributed by atoms with Crippen LogP contribution >= 0.6 is 0 Å². The van der Waals surface area contributed by atoms with Crippen molar-refractivity contribution < 1.29 is 4.79 Å². The highest BCUT2D eigenvalue weighted by Gasteiger charge is 2.10. The number of carbonyl (C=O) groups excluding carboxylic acids is 1. The molecule has 130 valence electrons. The maximum absolute atomic E-state index is 12.5. The zero-order valence-electron chi connectivity index (χ0n) is 15.1. The average Bonchev–Trinajstić information content (AvgIpc) is 2.89. The van der Waals surface area contributed by atoms with E-state index in [1.54, 1.807) is 0 Å². The smallest absolute Gasteiger partial charge is 0.240 e. The maximum atomic E-state index is 12.5. The molecule has 0 atom stereocenters. The van der Waals surface area contributed by atoms with E-state index in [-0.39, 0.29) is 5.91 Å². The first-order valence-corrected chi connectivity index (χ1v) is 8.57. The van der Waals surface area contributed by atoms with E-state index < -0.39 is 0 Å². The summed E-state index contributed by atoms with van der Waals surface area (Å²) in [4.78, 5) is 14.6. The molecule has 0 radical (unpaired) electrons. The largest absolute Gasteiger partial charge is 0.350 e. The number of para-hydroxylation sites is 1. The van der Waals surface area contributed by atoms with Crippen LogP contribution in [-0.4, -0.2) is 29.5 Å². The molecular weight excluding hydrogens is 310 g/mol. The lowest BCUT2D eigenvalue weighted by Crippen LogP contribution is -2.28. The molecule has 1 N–H and O–H groups in total. The van der Waals surface area contributed by atoms with Crippen LogP contribution in [0.2, 0.25) is 0 Å². The van der Waals surface area contributed by atoms with Crippen molar-refractivity contribution in [2.24, 2.45) is 0 Å². The van der Waals surface area contributed by atoms with Crippen molar-refractivity contribution in [1.82, 2.24) is 14.8 Å². The molecule has 25 heavy (non-hydrogen) atoms. The zero-order chi connectivity index (χ0) is 17.8. The third-order valence-electron chi connectivity index (χ3n) is 4.40. The summed E-state index contributed by atoms with van der Waals surface area (Å²) in [6, 6.07) is 18.5. The van der Waals surface area contributed by atoms with Gasteiger partial charge in [0.05, 0.1) is 0 Å². The van der Waals surface area contributed by atoms with Crippen LogP contribution in [0.1, 0.15) is 16.8 Å². The molecule has 0 unspecified atom stereocenters. The Kier molecular flexibility index (Phi) is 5.19. The van der Waals surface area contributed by atoms with Crippen LogP contribution in [-0.2, 0) is 24.4 Å². The Morgan fingerprint density at radius 1 is 1.04 bits per heavy atom. The Morgan fingerprint density at radius 3 is 2.48 bits per heavy atom. The zero-order valence-corrected chi connectivity index (χ0v) is 15.1. The molecule has 1 heterocycles. The van der Waals surface area contributed by atoms with Crippen LogP contribution in [0.5, 0.6) is 0 Å². The molecule has 0 aliphatic rings. The van der Waals surface area contributed by atoms with Crippen molar-refractivity contribution in [3.05, 3.63) is 71.4 Å². The number of rotatable bonds is 6. The van der Waals surface area contributed by atoms with E-state index in [1.807, 2.05) is 31.2 Å². The van der Waals surface area contributed by atoms with Gasteiger partial charge in [-0.1, -0.05) is 42.5 Å². The molecule has 4 heteroatoms. The summed E-state index contributed by atoms with van der Waals surface area (Å²) in [5.41, 5.74) is 4.61. The SMILES string of the molecule is Cc1cc2ccccc2n1CC(=O)NCc1ccccc1CN(C)C. The Hall–Kier alpha value is -2.59. The molecular formula is C21H25N3O. The monoisotopic (exact) mass is 335 g/mol. The first-order chi connectivity index (χ1) is 12.0. The Labute approximate surface area is 149 Å². The summed E-state index contributed by atoms with van der Waals surface area (Å²) >= 11 is 0. The van der Waals surface area contributed by atoms with Gasteiger partial charge in [0.2, 0.25) is 5.91 Å². The molecule has 0 aliphatic carbocycles. The van der Waals surface area contributed by atoms with E-state index in [9.17, 15) is 4.79 Å². The molecule has 3 rings (SSSR count). The number of nitrogens with one attached hydrogen (secondary N) is 1. The van der Waals surface area contributed by atoms with Gasteiger partial charge in [-0.05, 0) is 49.7 Å². The van der Waals surface area contributed by atoms with Gasteiger partial charge in [-0.2, -0.15) is 0 Å². The van der Waals surface area contributed by atoms with Gasteiger partial charge in [-0.25, -0.2) is 0 Å². The minimum Gasteiger partial charge on any atom is -0.350 e. The minimum absolute atomic E-state index is 0.0316. The third kappa shape index (κ3) is 4.09. The fourth-order valence-corrected chi connectivity index (χ4v) is 3.18. The van der Waals surface area contributed by atoms with Crippen molar-refractivity contribution in [3.8, 4) is 0 Å². The number of amides is 1. The van der Waals surface area contributed by atoms with Crippen LogP contribution in [0.4, 0.5) is 0 Å². The van der Waals surface area contributed by atoms with E-state index in [1.165, 1.54) is 16.5 Å². The Balaban J connectivity index is 1.68. The molecule has 0 fully saturated rings. The summed E-state index contributed by atoms with van der Waals surface area (Å²) < 4.78 is 2.07. The summed E-state index contributed by atoms with van der Waals surface area (Å²) in [5, 5.41) is 4.23. The first kappa shape index (κ1) is 17.2. The standard InChI is InChI=1S/C21H25N3O/c1-16-12-17-8-6-7-11-20(17)24(16)15-21(25)22-13-18-9-4-5-10-19(18)14-23(2)3/h4-12H,13-15H2,1-3H3,(H,22,25). The topological polar surface area (TPSA) is 37.3 Å². The van der Waals surface area contributed by atoms with Gasteiger partial charge in [-0.15, -0.1) is 0 Å². The number of fused-ring (bicyclic) bond motifs is 1. The van der Waals surface area contributed by atoms with Gasteiger partial charge in [0.15, 0.2) is 0 Å². The predicted octanol–water partition coefficient (Wildman–Crippen LogP) is 3.33. The van der Waals surface area contributed by atoms with Crippen LogP contribution < -0.4 is 5.32 Å². The van der Waals surface area contributed by atoms with E-state index in [0.29, 0.717) is 13.1 Å². The summed E-state index contributed by atoms with van der Waals surface area (Å²) in [7, 11) is 4.10. The second kappa shape index (κ2) is 7.53. The lowest BCUT2D eigenvalue weighted by atomic mass is 10.1. The molecule has 2 aromatic carbocycles. The van der Waals surface area contributed by atoms with Gasteiger partial charge < -0.3 is 14.8 Å². The van der Waals surface area contributed by atoms with E-state index in [2.05, 4.69) is 59.2 Å². The van der Waals surface area contributed by atoms with Gasteiger partial charge >= 0.3 is 0 Å². The Bertz CT molecular complexity index is 880. The van der Waals surface area contributed by atoms with Crippen LogP contribution in [0, 0.1) is 6.92 Å². The first-order valence-electron chi connectivity index (χ1n) is 8.57. The van der Waals surface area contributed by atoms with Crippen molar-refractivity contribution in [2.45, 2.75) is 26.6 Å². The van der Waals surface area contributed by atoms with E-state index in [0.717, 1.165) is 17.8 Å². The normalized spacial score (nSPS) is 11.2. The fourth-order valence-electron chi connectivity index (χ4n) is 3.18. The lowest BCUT2D eigenvalue weighted by Gasteiger charge is -2.15. The van der Waals surface area contributed by atoms with E-state index >= 15 is 0 Å².